The summed E-state index contributed by atoms with van der Waals surface area (Å²) < 4.78 is 0. The Bertz CT molecular complexity index is 498. The average Bonchev–Trinajstić information content (AvgIpc) is 2.47. The Labute approximate surface area is 116 Å². The van der Waals surface area contributed by atoms with E-state index in [0.29, 0.717) is 12.1 Å². The maximum Gasteiger partial charge on any atom is 0.275 e. The minimum Gasteiger partial charge on any atom is -0.391 e. The van der Waals surface area contributed by atoms with E-state index in [2.05, 4.69) is 9.80 Å². The minimum atomic E-state index is -0.489. The van der Waals surface area contributed by atoms with E-state index >= 15 is 0 Å². The van der Waals surface area contributed by atoms with Gasteiger partial charge in [0.2, 0.25) is 0 Å². The topological polar surface area (TPSA) is 86.9 Å². The first-order chi connectivity index (χ1) is 9.65. The molecule has 0 atom stereocenters. The molecule has 1 aliphatic rings. The van der Waals surface area contributed by atoms with Crippen LogP contribution in [0.1, 0.15) is 5.56 Å². The minimum absolute atomic E-state index is 0.0594. The summed E-state index contributed by atoms with van der Waals surface area (Å²) in [5, 5.41) is 20.1. The summed E-state index contributed by atoms with van der Waals surface area (Å²) in [5.41, 5.74) is 1.13. The zero-order chi connectivity index (χ0) is 14.5. The van der Waals surface area contributed by atoms with Gasteiger partial charge in [0.1, 0.15) is 6.29 Å². The molecule has 7 nitrogen and oxygen atoms in total. The lowest BCUT2D eigenvalue weighted by molar-refractivity contribution is -0.385. The molecule has 2 rings (SSSR count). The predicted octanol–water partition coefficient (Wildman–Crippen LogP) is 0.408. The van der Waals surface area contributed by atoms with E-state index in [9.17, 15) is 20.0 Å². The van der Waals surface area contributed by atoms with Gasteiger partial charge in [0, 0.05) is 37.9 Å². The Hall–Kier alpha value is -1.99. The number of rotatable bonds is 5. The Morgan fingerprint density at radius 2 is 2.00 bits per heavy atom. The zero-order valence-corrected chi connectivity index (χ0v) is 11.1. The van der Waals surface area contributed by atoms with E-state index < -0.39 is 4.92 Å². The SMILES string of the molecule is O=CCN1CCN(c2ccc([N+](=O)[O-])c(CO)c2)CC1. The van der Waals surface area contributed by atoms with E-state index in [1.54, 1.807) is 12.1 Å². The number of nitrogens with zero attached hydrogens (tertiary/aromatic N) is 3. The molecule has 1 heterocycles. The van der Waals surface area contributed by atoms with Crippen LogP contribution in [0.5, 0.6) is 0 Å². The van der Waals surface area contributed by atoms with Crippen LogP contribution >= 0.6 is 0 Å². The molecule has 1 aromatic carbocycles. The number of piperazine rings is 1. The number of aliphatic hydroxyl groups is 1. The van der Waals surface area contributed by atoms with Gasteiger partial charge in [-0.05, 0) is 12.1 Å². The standard InChI is InChI=1S/C13H17N3O4/c17-8-7-14-3-5-15(6-4-14)12-1-2-13(16(19)20)11(9-12)10-18/h1-2,8-9,18H,3-7,10H2. The van der Waals surface area contributed by atoms with Crippen molar-refractivity contribution in [3.8, 4) is 0 Å². The summed E-state index contributed by atoms with van der Waals surface area (Å²) in [5.74, 6) is 0. The smallest absolute Gasteiger partial charge is 0.275 e. The van der Waals surface area contributed by atoms with Gasteiger partial charge in [-0.3, -0.25) is 15.0 Å². The van der Waals surface area contributed by atoms with Gasteiger partial charge in [-0.1, -0.05) is 0 Å². The summed E-state index contributed by atoms with van der Waals surface area (Å²) in [6.07, 6.45) is 0.894. The maximum atomic E-state index is 10.8. The fraction of sp³-hybridized carbons (Fsp3) is 0.462. The summed E-state index contributed by atoms with van der Waals surface area (Å²) in [7, 11) is 0. The second-order valence-corrected chi connectivity index (χ2v) is 4.68. The van der Waals surface area contributed by atoms with Crippen LogP contribution in [-0.4, -0.2) is 53.9 Å². The summed E-state index contributed by atoms with van der Waals surface area (Å²) in [6, 6.07) is 4.79. The number of hydrogen-bond donors (Lipinski definition) is 1. The number of aldehydes is 1. The molecule has 0 aromatic heterocycles. The quantitative estimate of drug-likeness (QED) is 0.477. The second-order valence-electron chi connectivity index (χ2n) is 4.68. The number of hydrogen-bond acceptors (Lipinski definition) is 6. The van der Waals surface area contributed by atoms with Crippen LogP contribution in [0.3, 0.4) is 0 Å². The highest BCUT2D eigenvalue weighted by Gasteiger charge is 2.19. The molecule has 1 aliphatic heterocycles. The lowest BCUT2D eigenvalue weighted by Gasteiger charge is -2.35. The number of benzene rings is 1. The van der Waals surface area contributed by atoms with Crippen LogP contribution in [0.25, 0.3) is 0 Å². The van der Waals surface area contributed by atoms with Crippen LogP contribution in [-0.2, 0) is 11.4 Å². The summed E-state index contributed by atoms with van der Waals surface area (Å²) in [6.45, 7) is 3.17. The zero-order valence-electron chi connectivity index (χ0n) is 11.1. The molecular formula is C13H17N3O4. The van der Waals surface area contributed by atoms with Crippen LogP contribution < -0.4 is 4.90 Å². The molecule has 1 saturated heterocycles. The fourth-order valence-electron chi connectivity index (χ4n) is 2.37. The van der Waals surface area contributed by atoms with Gasteiger partial charge in [-0.25, -0.2) is 0 Å². The monoisotopic (exact) mass is 279 g/mol. The van der Waals surface area contributed by atoms with Crippen molar-refractivity contribution in [3.63, 3.8) is 0 Å². The van der Waals surface area contributed by atoms with Gasteiger partial charge < -0.3 is 14.8 Å². The molecule has 0 radical (unpaired) electrons. The van der Waals surface area contributed by atoms with Crippen molar-refractivity contribution >= 4 is 17.7 Å². The van der Waals surface area contributed by atoms with Gasteiger partial charge in [0.15, 0.2) is 0 Å². The molecule has 1 fully saturated rings. The van der Waals surface area contributed by atoms with Crippen molar-refractivity contribution in [3.05, 3.63) is 33.9 Å². The second kappa shape index (κ2) is 6.44. The van der Waals surface area contributed by atoms with Crippen LogP contribution in [0.15, 0.2) is 18.2 Å². The number of carbonyl (C=O) groups excluding carboxylic acids is 1. The van der Waals surface area contributed by atoms with Gasteiger partial charge >= 0.3 is 0 Å². The highest BCUT2D eigenvalue weighted by atomic mass is 16.6. The van der Waals surface area contributed by atoms with E-state index in [4.69, 9.17) is 0 Å². The van der Waals surface area contributed by atoms with Gasteiger partial charge in [-0.2, -0.15) is 0 Å². The molecule has 108 valence electrons. The average molecular weight is 279 g/mol. The normalized spacial score (nSPS) is 16.1. The fourth-order valence-corrected chi connectivity index (χ4v) is 2.37. The molecule has 0 aliphatic carbocycles. The highest BCUT2D eigenvalue weighted by molar-refractivity contribution is 5.56. The molecular weight excluding hydrogens is 262 g/mol. The number of nitro groups is 1. The van der Waals surface area contributed by atoms with E-state index in [1.807, 2.05) is 0 Å². The Morgan fingerprint density at radius 1 is 1.30 bits per heavy atom. The van der Waals surface area contributed by atoms with E-state index in [-0.39, 0.29) is 12.3 Å². The van der Waals surface area contributed by atoms with Crippen molar-refractivity contribution in [2.45, 2.75) is 6.61 Å². The summed E-state index contributed by atoms with van der Waals surface area (Å²) >= 11 is 0. The van der Waals surface area contributed by atoms with Crippen molar-refractivity contribution in [1.82, 2.24) is 4.90 Å². The third-order valence-electron chi connectivity index (χ3n) is 3.50. The first-order valence-corrected chi connectivity index (χ1v) is 6.45. The van der Waals surface area contributed by atoms with E-state index in [1.165, 1.54) is 6.07 Å². The van der Waals surface area contributed by atoms with Crippen LogP contribution in [0.4, 0.5) is 11.4 Å². The van der Waals surface area contributed by atoms with Crippen LogP contribution in [0, 0.1) is 10.1 Å². The third-order valence-corrected chi connectivity index (χ3v) is 3.50. The van der Waals surface area contributed by atoms with Crippen molar-refractivity contribution < 1.29 is 14.8 Å². The molecule has 20 heavy (non-hydrogen) atoms. The highest BCUT2D eigenvalue weighted by Crippen LogP contribution is 2.25. The first-order valence-electron chi connectivity index (χ1n) is 6.45. The number of nitro benzene ring substituents is 1. The summed E-state index contributed by atoms with van der Waals surface area (Å²) in [4.78, 5) is 25.0. The van der Waals surface area contributed by atoms with Gasteiger partial charge in [0.25, 0.3) is 5.69 Å². The number of carbonyl (C=O) groups is 1. The molecule has 0 spiro atoms. The molecule has 1 N–H and O–H groups in total. The molecule has 7 heteroatoms. The molecule has 0 saturated carbocycles. The molecule has 0 amide bonds. The van der Waals surface area contributed by atoms with E-state index in [0.717, 1.165) is 38.2 Å². The third kappa shape index (κ3) is 3.12. The Kier molecular flexibility index (Phi) is 4.65. The predicted molar refractivity (Wildman–Crippen MR) is 73.7 cm³/mol. The van der Waals surface area contributed by atoms with Gasteiger partial charge in [0.05, 0.1) is 23.6 Å². The lowest BCUT2D eigenvalue weighted by atomic mass is 10.1. The Morgan fingerprint density at radius 3 is 2.55 bits per heavy atom. The molecule has 1 aromatic rings. The number of anilines is 1. The van der Waals surface area contributed by atoms with Crippen molar-refractivity contribution in [2.24, 2.45) is 0 Å². The van der Waals surface area contributed by atoms with Crippen LogP contribution in [0.2, 0.25) is 0 Å². The number of aliphatic hydroxyl groups excluding tert-OH is 1. The van der Waals surface area contributed by atoms with Gasteiger partial charge in [-0.15, -0.1) is 0 Å². The lowest BCUT2D eigenvalue weighted by Crippen LogP contribution is -2.46. The molecule has 0 bridgehead atoms. The Balaban J connectivity index is 2.10. The first kappa shape index (κ1) is 14.4. The maximum absolute atomic E-state index is 10.8. The van der Waals surface area contributed by atoms with Crippen molar-refractivity contribution in [2.75, 3.05) is 37.6 Å². The molecule has 0 unspecified atom stereocenters. The van der Waals surface area contributed by atoms with Crippen molar-refractivity contribution in [1.29, 1.82) is 0 Å². The largest absolute Gasteiger partial charge is 0.391 e.